The minimum atomic E-state index is 0.0860. The number of carbonyl (C=O) groups excluding carboxylic acids is 1. The SMILES string of the molecule is COCCCNC(=O)CN1CCC(C)C(N)C1. The second-order valence-electron chi connectivity index (χ2n) is 4.86. The Hall–Kier alpha value is -0.650. The maximum Gasteiger partial charge on any atom is 0.234 e. The molecule has 0 saturated carbocycles. The van der Waals surface area contributed by atoms with Crippen LogP contribution < -0.4 is 11.1 Å². The van der Waals surface area contributed by atoms with Gasteiger partial charge in [0.1, 0.15) is 0 Å². The van der Waals surface area contributed by atoms with Crippen molar-refractivity contribution in [1.82, 2.24) is 10.2 Å². The van der Waals surface area contributed by atoms with Crippen molar-refractivity contribution in [3.8, 4) is 0 Å². The lowest BCUT2D eigenvalue weighted by atomic mass is 9.94. The second kappa shape index (κ2) is 7.63. The molecule has 1 fully saturated rings. The molecule has 0 aromatic carbocycles. The number of likely N-dealkylation sites (tertiary alicyclic amines) is 1. The van der Waals surface area contributed by atoms with Gasteiger partial charge in [-0.05, 0) is 25.3 Å². The Morgan fingerprint density at radius 1 is 1.59 bits per heavy atom. The van der Waals surface area contributed by atoms with E-state index in [1.54, 1.807) is 7.11 Å². The van der Waals surface area contributed by atoms with Crippen molar-refractivity contribution >= 4 is 5.91 Å². The number of nitrogens with one attached hydrogen (secondary N) is 1. The summed E-state index contributed by atoms with van der Waals surface area (Å²) in [7, 11) is 1.66. The summed E-state index contributed by atoms with van der Waals surface area (Å²) in [4.78, 5) is 13.8. The van der Waals surface area contributed by atoms with E-state index >= 15 is 0 Å². The van der Waals surface area contributed by atoms with Gasteiger partial charge in [-0.15, -0.1) is 0 Å². The van der Waals surface area contributed by atoms with Gasteiger partial charge in [-0.1, -0.05) is 6.92 Å². The third-order valence-electron chi connectivity index (χ3n) is 3.32. The first kappa shape index (κ1) is 14.4. The largest absolute Gasteiger partial charge is 0.385 e. The topological polar surface area (TPSA) is 67.6 Å². The molecule has 2 unspecified atom stereocenters. The molecule has 0 spiro atoms. The maximum atomic E-state index is 11.6. The molecular weight excluding hydrogens is 218 g/mol. The molecule has 3 N–H and O–H groups in total. The third-order valence-corrected chi connectivity index (χ3v) is 3.32. The van der Waals surface area contributed by atoms with E-state index in [2.05, 4.69) is 17.1 Å². The molecular formula is C12H25N3O2. The van der Waals surface area contributed by atoms with E-state index in [0.29, 0.717) is 25.6 Å². The zero-order chi connectivity index (χ0) is 12.7. The Morgan fingerprint density at radius 2 is 2.35 bits per heavy atom. The van der Waals surface area contributed by atoms with Gasteiger partial charge in [-0.2, -0.15) is 0 Å². The summed E-state index contributed by atoms with van der Waals surface area (Å²) in [5, 5.41) is 2.89. The number of ether oxygens (including phenoxy) is 1. The normalized spacial score (nSPS) is 25.8. The molecule has 100 valence electrons. The Balaban J connectivity index is 2.14. The highest BCUT2D eigenvalue weighted by Gasteiger charge is 2.23. The monoisotopic (exact) mass is 243 g/mol. The number of hydrogen-bond acceptors (Lipinski definition) is 4. The Labute approximate surface area is 104 Å². The van der Waals surface area contributed by atoms with Gasteiger partial charge in [0, 0.05) is 32.8 Å². The standard InChI is InChI=1S/C12H25N3O2/c1-10-4-6-15(8-11(10)13)9-12(16)14-5-3-7-17-2/h10-11H,3-9,13H2,1-2H3,(H,14,16). The summed E-state index contributed by atoms with van der Waals surface area (Å²) < 4.78 is 4.92. The van der Waals surface area contributed by atoms with E-state index in [0.717, 1.165) is 25.9 Å². The second-order valence-corrected chi connectivity index (χ2v) is 4.86. The Kier molecular flexibility index (Phi) is 6.47. The van der Waals surface area contributed by atoms with Crippen LogP contribution in [-0.2, 0) is 9.53 Å². The van der Waals surface area contributed by atoms with Crippen LogP contribution >= 0.6 is 0 Å². The molecule has 1 saturated heterocycles. The summed E-state index contributed by atoms with van der Waals surface area (Å²) in [6.45, 7) is 5.81. The van der Waals surface area contributed by atoms with Crippen molar-refractivity contribution in [2.24, 2.45) is 11.7 Å². The molecule has 0 aromatic rings. The van der Waals surface area contributed by atoms with E-state index in [1.165, 1.54) is 0 Å². The summed E-state index contributed by atoms with van der Waals surface area (Å²) in [5.41, 5.74) is 5.99. The van der Waals surface area contributed by atoms with E-state index in [4.69, 9.17) is 10.5 Å². The third kappa shape index (κ3) is 5.48. The van der Waals surface area contributed by atoms with E-state index < -0.39 is 0 Å². The molecule has 1 aliphatic heterocycles. The van der Waals surface area contributed by atoms with Crippen LogP contribution in [0.4, 0.5) is 0 Å². The van der Waals surface area contributed by atoms with Crippen LogP contribution in [0.15, 0.2) is 0 Å². The molecule has 5 heteroatoms. The highest BCUT2D eigenvalue weighted by Crippen LogP contribution is 2.14. The van der Waals surface area contributed by atoms with Crippen LogP contribution in [0, 0.1) is 5.92 Å². The molecule has 1 amide bonds. The molecule has 1 rings (SSSR count). The van der Waals surface area contributed by atoms with Gasteiger partial charge in [0.05, 0.1) is 6.54 Å². The van der Waals surface area contributed by atoms with E-state index in [9.17, 15) is 4.79 Å². The maximum absolute atomic E-state index is 11.6. The van der Waals surface area contributed by atoms with Gasteiger partial charge in [0.2, 0.25) is 5.91 Å². The molecule has 1 heterocycles. The Morgan fingerprint density at radius 3 is 3.00 bits per heavy atom. The smallest absolute Gasteiger partial charge is 0.234 e. The lowest BCUT2D eigenvalue weighted by molar-refractivity contribution is -0.122. The van der Waals surface area contributed by atoms with Crippen LogP contribution in [0.3, 0.4) is 0 Å². The average molecular weight is 243 g/mol. The number of nitrogens with two attached hydrogens (primary N) is 1. The molecule has 0 radical (unpaired) electrons. The predicted molar refractivity (Wildman–Crippen MR) is 67.7 cm³/mol. The van der Waals surface area contributed by atoms with Crippen molar-refractivity contribution in [3.05, 3.63) is 0 Å². The number of nitrogens with zero attached hydrogens (tertiary/aromatic N) is 1. The van der Waals surface area contributed by atoms with Crippen molar-refractivity contribution in [2.45, 2.75) is 25.8 Å². The molecule has 0 aliphatic carbocycles. The minimum absolute atomic E-state index is 0.0860. The number of amides is 1. The fraction of sp³-hybridized carbons (Fsp3) is 0.917. The lowest BCUT2D eigenvalue weighted by Crippen LogP contribution is -2.50. The fourth-order valence-corrected chi connectivity index (χ4v) is 2.02. The summed E-state index contributed by atoms with van der Waals surface area (Å²) in [6.07, 6.45) is 1.94. The minimum Gasteiger partial charge on any atom is -0.385 e. The first-order valence-corrected chi connectivity index (χ1v) is 6.37. The van der Waals surface area contributed by atoms with E-state index in [-0.39, 0.29) is 11.9 Å². The summed E-state index contributed by atoms with van der Waals surface area (Å²) in [5.74, 6) is 0.652. The number of hydrogen-bond donors (Lipinski definition) is 2. The summed E-state index contributed by atoms with van der Waals surface area (Å²) >= 11 is 0. The Bertz CT molecular complexity index is 236. The van der Waals surface area contributed by atoms with Crippen LogP contribution in [0.5, 0.6) is 0 Å². The first-order valence-electron chi connectivity index (χ1n) is 6.37. The van der Waals surface area contributed by atoms with Crippen LogP contribution in [0.2, 0.25) is 0 Å². The average Bonchev–Trinajstić information content (AvgIpc) is 2.30. The van der Waals surface area contributed by atoms with Crippen LogP contribution in [0.1, 0.15) is 19.8 Å². The van der Waals surface area contributed by atoms with Gasteiger partial charge in [-0.3, -0.25) is 9.69 Å². The summed E-state index contributed by atoms with van der Waals surface area (Å²) in [6, 6.07) is 0.199. The zero-order valence-corrected chi connectivity index (χ0v) is 10.9. The van der Waals surface area contributed by atoms with Crippen LogP contribution in [0.25, 0.3) is 0 Å². The molecule has 5 nitrogen and oxygen atoms in total. The van der Waals surface area contributed by atoms with Crippen molar-refractivity contribution in [3.63, 3.8) is 0 Å². The zero-order valence-electron chi connectivity index (χ0n) is 10.9. The van der Waals surface area contributed by atoms with Gasteiger partial charge in [-0.25, -0.2) is 0 Å². The highest BCUT2D eigenvalue weighted by atomic mass is 16.5. The van der Waals surface area contributed by atoms with Gasteiger partial charge in [0.25, 0.3) is 0 Å². The van der Waals surface area contributed by atoms with Crippen LogP contribution in [-0.4, -0.2) is 56.7 Å². The molecule has 1 aliphatic rings. The molecule has 17 heavy (non-hydrogen) atoms. The van der Waals surface area contributed by atoms with Crippen molar-refractivity contribution in [1.29, 1.82) is 0 Å². The molecule has 2 atom stereocenters. The fourth-order valence-electron chi connectivity index (χ4n) is 2.02. The van der Waals surface area contributed by atoms with Crippen molar-refractivity contribution in [2.75, 3.05) is 39.9 Å². The number of piperidine rings is 1. The number of carbonyl (C=O) groups is 1. The van der Waals surface area contributed by atoms with Crippen molar-refractivity contribution < 1.29 is 9.53 Å². The quantitative estimate of drug-likeness (QED) is 0.634. The van der Waals surface area contributed by atoms with Gasteiger partial charge in [0.15, 0.2) is 0 Å². The predicted octanol–water partition coefficient (Wildman–Crippen LogP) is -0.192. The number of methoxy groups -OCH3 is 1. The molecule has 0 aromatic heterocycles. The lowest BCUT2D eigenvalue weighted by Gasteiger charge is -2.34. The van der Waals surface area contributed by atoms with Gasteiger partial charge < -0.3 is 15.8 Å². The highest BCUT2D eigenvalue weighted by molar-refractivity contribution is 5.77. The van der Waals surface area contributed by atoms with E-state index in [1.807, 2.05) is 0 Å². The first-order chi connectivity index (χ1) is 8.13. The molecule has 0 bridgehead atoms. The number of rotatable bonds is 6. The van der Waals surface area contributed by atoms with Gasteiger partial charge >= 0.3 is 0 Å².